The summed E-state index contributed by atoms with van der Waals surface area (Å²) in [6, 6.07) is 0. The highest BCUT2D eigenvalue weighted by Gasteiger charge is 2.09. The molecule has 0 spiro atoms. The van der Waals surface area contributed by atoms with Gasteiger partial charge < -0.3 is 4.74 Å². The average molecular weight is 421 g/mol. The van der Waals surface area contributed by atoms with Gasteiger partial charge in [-0.2, -0.15) is 0 Å². The summed E-state index contributed by atoms with van der Waals surface area (Å²) in [7, 11) is 0. The highest BCUT2D eigenvalue weighted by atomic mass is 127. The Balaban J connectivity index is 3.17. The van der Waals surface area contributed by atoms with Gasteiger partial charge >= 0.3 is 6.09 Å². The van der Waals surface area contributed by atoms with Crippen LogP contribution in [-0.2, 0) is 4.74 Å². The largest absolute Gasteiger partial charge is 0.449 e. The molecule has 0 fully saturated rings. The fraction of sp³-hybridized carbons (Fsp3) is 0.833. The maximum absolute atomic E-state index is 11.4. The molecule has 0 aromatic rings. The number of halogens is 1. The lowest BCUT2D eigenvalue weighted by Gasteiger charge is -2.13. The first kappa shape index (κ1) is 21.6. The van der Waals surface area contributed by atoms with Crippen LogP contribution in [0.15, 0.2) is 0 Å². The zero-order valence-corrected chi connectivity index (χ0v) is 16.3. The number of hydrogen-bond acceptors (Lipinski definition) is 2. The summed E-state index contributed by atoms with van der Waals surface area (Å²) in [4.78, 5) is 11.4. The summed E-state index contributed by atoms with van der Waals surface area (Å²) in [5.74, 6) is 2.69. The lowest BCUT2D eigenvalue weighted by Crippen LogP contribution is -2.22. The molecule has 128 valence electrons. The van der Waals surface area contributed by atoms with Crippen LogP contribution >= 0.6 is 22.9 Å². The Morgan fingerprint density at radius 2 is 1.41 bits per heavy atom. The number of amides is 1. The second-order valence-corrected chi connectivity index (χ2v) is 6.79. The molecule has 0 atom stereocenters. The number of terminal acetylenes is 1. The van der Waals surface area contributed by atoms with Gasteiger partial charge in [0.05, 0.1) is 29.5 Å². The third kappa shape index (κ3) is 14.5. The molecule has 0 rings (SSSR count). The first-order chi connectivity index (χ1) is 10.7. The molecule has 0 aliphatic rings. The molecule has 0 aromatic carbocycles. The van der Waals surface area contributed by atoms with Crippen LogP contribution in [0.1, 0.15) is 84.0 Å². The van der Waals surface area contributed by atoms with E-state index in [1.54, 1.807) is 3.11 Å². The Bertz CT molecular complexity index is 302. The zero-order chi connectivity index (χ0) is 16.5. The number of ether oxygens (including phenoxy) is 1. The van der Waals surface area contributed by atoms with Crippen LogP contribution < -0.4 is 0 Å². The minimum absolute atomic E-state index is 0.217. The van der Waals surface area contributed by atoms with E-state index in [1.165, 1.54) is 64.2 Å². The quantitative estimate of drug-likeness (QED) is 0.147. The smallest absolute Gasteiger partial charge is 0.418 e. The highest BCUT2D eigenvalue weighted by molar-refractivity contribution is 14.1. The molecule has 0 aliphatic heterocycles. The molecule has 0 unspecified atom stereocenters. The van der Waals surface area contributed by atoms with Crippen molar-refractivity contribution in [1.82, 2.24) is 3.11 Å². The van der Waals surface area contributed by atoms with Gasteiger partial charge in [0.15, 0.2) is 0 Å². The van der Waals surface area contributed by atoms with E-state index in [0.717, 1.165) is 19.4 Å². The van der Waals surface area contributed by atoms with Crippen LogP contribution in [0.5, 0.6) is 0 Å². The minimum Gasteiger partial charge on any atom is -0.449 e. The predicted octanol–water partition coefficient (Wildman–Crippen LogP) is 6.11. The fourth-order valence-corrected chi connectivity index (χ4v) is 2.83. The van der Waals surface area contributed by atoms with Gasteiger partial charge in [-0.3, -0.25) is 0 Å². The summed E-state index contributed by atoms with van der Waals surface area (Å²) >= 11 is 2.03. The van der Waals surface area contributed by atoms with Crippen LogP contribution in [0.3, 0.4) is 0 Å². The molecule has 0 heterocycles. The first-order valence-corrected chi connectivity index (χ1v) is 9.72. The first-order valence-electron chi connectivity index (χ1n) is 8.76. The molecule has 0 saturated heterocycles. The van der Waals surface area contributed by atoms with Crippen molar-refractivity contribution in [2.45, 2.75) is 84.0 Å². The summed E-state index contributed by atoms with van der Waals surface area (Å²) in [6.45, 7) is 3.07. The lowest BCUT2D eigenvalue weighted by molar-refractivity contribution is 0.137. The van der Waals surface area contributed by atoms with E-state index < -0.39 is 0 Å². The summed E-state index contributed by atoms with van der Waals surface area (Å²) < 4.78 is 6.58. The van der Waals surface area contributed by atoms with Crippen molar-refractivity contribution in [3.63, 3.8) is 0 Å². The Kier molecular flexibility index (Phi) is 16.6. The Labute approximate surface area is 151 Å². The second-order valence-electron chi connectivity index (χ2n) is 5.63. The SMILES string of the molecule is C#CCCCCCCCCCCCCCN(I)C(=O)OCC. The Morgan fingerprint density at radius 1 is 0.955 bits per heavy atom. The molecule has 0 saturated carbocycles. The molecule has 3 nitrogen and oxygen atoms in total. The monoisotopic (exact) mass is 421 g/mol. The number of unbranched alkanes of at least 4 members (excludes halogenated alkanes) is 11. The number of carbonyl (C=O) groups is 1. The van der Waals surface area contributed by atoms with E-state index in [4.69, 9.17) is 11.2 Å². The summed E-state index contributed by atoms with van der Waals surface area (Å²) in [6.07, 6.45) is 20.0. The van der Waals surface area contributed by atoms with Crippen molar-refractivity contribution < 1.29 is 9.53 Å². The standard InChI is InChI=1S/C18H32INO2/c1-3-5-6-7-8-9-10-11-12-13-14-15-16-17-20(19)18(21)22-4-2/h1H,4-17H2,2H3. The van der Waals surface area contributed by atoms with Crippen LogP contribution in [-0.4, -0.2) is 22.4 Å². The summed E-state index contributed by atoms with van der Waals surface area (Å²) in [5, 5.41) is 0. The molecule has 0 aliphatic carbocycles. The van der Waals surface area contributed by atoms with Gasteiger partial charge in [0.25, 0.3) is 0 Å². The van der Waals surface area contributed by atoms with Crippen LogP contribution in [0.4, 0.5) is 4.79 Å². The maximum Gasteiger partial charge on any atom is 0.418 e. The molecule has 22 heavy (non-hydrogen) atoms. The van der Waals surface area contributed by atoms with Crippen molar-refractivity contribution >= 4 is 29.0 Å². The average Bonchev–Trinajstić information content (AvgIpc) is 2.51. The number of nitrogens with zero attached hydrogens (tertiary/aromatic N) is 1. The van der Waals surface area contributed by atoms with Gasteiger partial charge in [-0.05, 0) is 19.8 Å². The van der Waals surface area contributed by atoms with Gasteiger partial charge in [-0.15, -0.1) is 12.3 Å². The van der Waals surface area contributed by atoms with E-state index >= 15 is 0 Å². The third-order valence-electron chi connectivity index (χ3n) is 3.64. The molecule has 1 amide bonds. The van der Waals surface area contributed by atoms with E-state index in [-0.39, 0.29) is 6.09 Å². The van der Waals surface area contributed by atoms with Crippen molar-refractivity contribution in [3.8, 4) is 12.3 Å². The Hall–Kier alpha value is -0.440. The molecule has 4 heteroatoms. The van der Waals surface area contributed by atoms with Crippen LogP contribution in [0.25, 0.3) is 0 Å². The lowest BCUT2D eigenvalue weighted by atomic mass is 10.1. The van der Waals surface area contributed by atoms with Crippen molar-refractivity contribution in [3.05, 3.63) is 0 Å². The zero-order valence-electron chi connectivity index (χ0n) is 14.1. The van der Waals surface area contributed by atoms with E-state index in [1.807, 2.05) is 29.8 Å². The fourth-order valence-electron chi connectivity index (χ4n) is 2.35. The normalized spacial score (nSPS) is 10.2. The maximum atomic E-state index is 11.4. The molecular weight excluding hydrogens is 389 g/mol. The number of carbonyl (C=O) groups excluding carboxylic acids is 1. The number of rotatable bonds is 14. The van der Waals surface area contributed by atoms with E-state index in [9.17, 15) is 4.79 Å². The second kappa shape index (κ2) is 16.9. The molecular formula is C18H32INO2. The molecule has 0 bridgehead atoms. The van der Waals surface area contributed by atoms with Crippen molar-refractivity contribution in [2.24, 2.45) is 0 Å². The molecule has 0 aromatic heterocycles. The Morgan fingerprint density at radius 3 is 1.86 bits per heavy atom. The van der Waals surface area contributed by atoms with Crippen molar-refractivity contribution in [1.29, 1.82) is 0 Å². The number of hydrogen-bond donors (Lipinski definition) is 0. The predicted molar refractivity (Wildman–Crippen MR) is 102 cm³/mol. The van der Waals surface area contributed by atoms with Gasteiger partial charge in [-0.1, -0.05) is 57.8 Å². The van der Waals surface area contributed by atoms with Crippen LogP contribution in [0, 0.1) is 12.3 Å². The van der Waals surface area contributed by atoms with Gasteiger partial charge in [-0.25, -0.2) is 7.91 Å². The van der Waals surface area contributed by atoms with Gasteiger partial charge in [0.1, 0.15) is 0 Å². The topological polar surface area (TPSA) is 29.5 Å². The van der Waals surface area contributed by atoms with E-state index in [0.29, 0.717) is 6.61 Å². The molecule has 0 radical (unpaired) electrons. The van der Waals surface area contributed by atoms with Crippen molar-refractivity contribution in [2.75, 3.05) is 13.2 Å². The van der Waals surface area contributed by atoms with Gasteiger partial charge in [0.2, 0.25) is 0 Å². The summed E-state index contributed by atoms with van der Waals surface area (Å²) in [5.41, 5.74) is 0. The highest BCUT2D eigenvalue weighted by Crippen LogP contribution is 2.13. The molecule has 0 N–H and O–H groups in total. The van der Waals surface area contributed by atoms with Crippen LogP contribution in [0.2, 0.25) is 0 Å². The minimum atomic E-state index is -0.217. The third-order valence-corrected chi connectivity index (χ3v) is 4.52. The van der Waals surface area contributed by atoms with Gasteiger partial charge in [0, 0.05) is 13.0 Å². The van der Waals surface area contributed by atoms with E-state index in [2.05, 4.69) is 5.92 Å².